The van der Waals surface area contributed by atoms with E-state index < -0.39 is 24.4 Å². The molecule has 4 aromatic carbocycles. The summed E-state index contributed by atoms with van der Waals surface area (Å²) in [6, 6.07) is 39.9. The Labute approximate surface area is 248 Å². The van der Waals surface area contributed by atoms with Crippen LogP contribution in [0.1, 0.15) is 29.2 Å². The molecule has 5 unspecified atom stereocenters. The van der Waals surface area contributed by atoms with Gasteiger partial charge in [0.2, 0.25) is 5.91 Å². The van der Waals surface area contributed by atoms with Crippen molar-refractivity contribution in [2.45, 2.75) is 63.6 Å². The van der Waals surface area contributed by atoms with Crippen molar-refractivity contribution in [3.05, 3.63) is 144 Å². The van der Waals surface area contributed by atoms with Gasteiger partial charge >= 0.3 is 0 Å². The molecule has 1 aliphatic rings. The minimum absolute atomic E-state index is 0.143. The molecule has 5 atom stereocenters. The predicted octanol–water partition coefficient (Wildman–Crippen LogP) is 5.89. The molecular weight excluding hydrogens is 526 g/mol. The van der Waals surface area contributed by atoms with Gasteiger partial charge in [0.05, 0.1) is 38.6 Å². The van der Waals surface area contributed by atoms with Gasteiger partial charge in [-0.2, -0.15) is 0 Å². The van der Waals surface area contributed by atoms with Crippen molar-refractivity contribution in [2.24, 2.45) is 0 Å². The van der Waals surface area contributed by atoms with Crippen LogP contribution in [-0.4, -0.2) is 43.0 Å². The van der Waals surface area contributed by atoms with Crippen molar-refractivity contribution < 1.29 is 23.7 Å². The molecule has 1 amide bonds. The molecule has 1 N–H and O–H groups in total. The van der Waals surface area contributed by atoms with Gasteiger partial charge in [-0.1, -0.05) is 121 Å². The minimum Gasteiger partial charge on any atom is -0.374 e. The normalized spacial score (nSPS) is 22.0. The molecule has 0 spiro atoms. The average molecular weight is 566 g/mol. The number of carbonyl (C=O) groups excluding carboxylic acids is 1. The highest BCUT2D eigenvalue weighted by Crippen LogP contribution is 2.30. The molecule has 1 saturated heterocycles. The summed E-state index contributed by atoms with van der Waals surface area (Å²) in [5.74, 6) is -0.143. The molecule has 218 valence electrons. The van der Waals surface area contributed by atoms with Crippen LogP contribution in [0, 0.1) is 0 Å². The molecule has 1 aliphatic heterocycles. The van der Waals surface area contributed by atoms with E-state index in [2.05, 4.69) is 17.4 Å². The molecule has 5 rings (SSSR count). The van der Waals surface area contributed by atoms with Gasteiger partial charge in [-0.15, -0.1) is 0 Å². The van der Waals surface area contributed by atoms with Crippen LogP contribution in [-0.2, 0) is 50.0 Å². The summed E-state index contributed by atoms with van der Waals surface area (Å²) < 4.78 is 26.3. The van der Waals surface area contributed by atoms with Crippen molar-refractivity contribution in [1.29, 1.82) is 0 Å². The van der Waals surface area contributed by atoms with Crippen LogP contribution in [0.2, 0.25) is 0 Å². The van der Waals surface area contributed by atoms with Crippen molar-refractivity contribution >= 4 is 5.91 Å². The second-order valence-corrected chi connectivity index (χ2v) is 10.7. The second-order valence-electron chi connectivity index (χ2n) is 10.7. The maximum absolute atomic E-state index is 12.5. The fourth-order valence-corrected chi connectivity index (χ4v) is 5.38. The highest BCUT2D eigenvalue weighted by atomic mass is 16.6. The molecule has 0 aliphatic carbocycles. The summed E-state index contributed by atoms with van der Waals surface area (Å²) >= 11 is 0. The lowest BCUT2D eigenvalue weighted by Crippen LogP contribution is -2.65. The number of ether oxygens (including phenoxy) is 4. The van der Waals surface area contributed by atoms with Crippen molar-refractivity contribution in [3.63, 3.8) is 0 Å². The highest BCUT2D eigenvalue weighted by Gasteiger charge is 2.48. The SMILES string of the molecule is CC(=O)NC1C(Cc2ccccc2)OC(COCc2ccccc2)C(OCc2ccccc2)C1OCc1ccccc1. The summed E-state index contributed by atoms with van der Waals surface area (Å²) in [6.45, 7) is 3.06. The lowest BCUT2D eigenvalue weighted by molar-refractivity contribution is -0.232. The number of rotatable bonds is 13. The Kier molecular flexibility index (Phi) is 10.9. The molecule has 1 heterocycles. The third kappa shape index (κ3) is 8.60. The molecule has 0 radical (unpaired) electrons. The van der Waals surface area contributed by atoms with Crippen LogP contribution in [0.25, 0.3) is 0 Å². The van der Waals surface area contributed by atoms with E-state index in [1.807, 2.05) is 109 Å². The molecule has 6 heteroatoms. The monoisotopic (exact) mass is 565 g/mol. The largest absolute Gasteiger partial charge is 0.374 e. The van der Waals surface area contributed by atoms with Gasteiger partial charge < -0.3 is 24.3 Å². The van der Waals surface area contributed by atoms with Crippen molar-refractivity contribution in [2.75, 3.05) is 6.61 Å². The molecule has 4 aromatic rings. The fourth-order valence-electron chi connectivity index (χ4n) is 5.38. The van der Waals surface area contributed by atoms with Gasteiger partial charge in [0, 0.05) is 13.3 Å². The van der Waals surface area contributed by atoms with E-state index in [4.69, 9.17) is 18.9 Å². The van der Waals surface area contributed by atoms with Crippen LogP contribution in [0.4, 0.5) is 0 Å². The number of nitrogens with one attached hydrogen (secondary N) is 1. The minimum atomic E-state index is -0.492. The Morgan fingerprint density at radius 3 is 1.57 bits per heavy atom. The highest BCUT2D eigenvalue weighted by molar-refractivity contribution is 5.73. The first-order valence-electron chi connectivity index (χ1n) is 14.5. The van der Waals surface area contributed by atoms with Crippen molar-refractivity contribution in [1.82, 2.24) is 5.32 Å². The van der Waals surface area contributed by atoms with E-state index in [9.17, 15) is 4.79 Å². The Morgan fingerprint density at radius 1 is 0.619 bits per heavy atom. The summed E-state index contributed by atoms with van der Waals surface area (Å²) in [4.78, 5) is 12.5. The predicted molar refractivity (Wildman–Crippen MR) is 163 cm³/mol. The van der Waals surface area contributed by atoms with Gasteiger partial charge in [0.1, 0.15) is 18.3 Å². The van der Waals surface area contributed by atoms with E-state index in [0.29, 0.717) is 32.8 Å². The lowest BCUT2D eigenvalue weighted by Gasteiger charge is -2.47. The van der Waals surface area contributed by atoms with E-state index in [-0.39, 0.29) is 12.0 Å². The van der Waals surface area contributed by atoms with Crippen LogP contribution in [0.3, 0.4) is 0 Å². The van der Waals surface area contributed by atoms with Gasteiger partial charge in [0.25, 0.3) is 0 Å². The van der Waals surface area contributed by atoms with Gasteiger partial charge in [-0.25, -0.2) is 0 Å². The zero-order valence-electron chi connectivity index (χ0n) is 24.0. The number of amides is 1. The number of carbonyl (C=O) groups is 1. The van der Waals surface area contributed by atoms with E-state index in [1.54, 1.807) is 0 Å². The average Bonchev–Trinajstić information content (AvgIpc) is 3.02. The Hall–Kier alpha value is -3.81. The first kappa shape index (κ1) is 29.7. The summed E-state index contributed by atoms with van der Waals surface area (Å²) in [5.41, 5.74) is 4.30. The fraction of sp³-hybridized carbons (Fsp3) is 0.306. The quantitative estimate of drug-likeness (QED) is 0.219. The molecule has 0 bridgehead atoms. The molecule has 0 saturated carbocycles. The van der Waals surface area contributed by atoms with Crippen LogP contribution in [0.15, 0.2) is 121 Å². The standard InChI is InChI=1S/C36H39NO5/c1-27(38)37-34-32(22-28-14-6-2-7-15-28)42-33(26-39-23-29-16-8-3-9-17-29)35(40-24-30-18-10-4-11-19-30)36(34)41-25-31-20-12-5-13-21-31/h2-21,32-36H,22-26H2,1H3,(H,37,38). The topological polar surface area (TPSA) is 66.0 Å². The number of hydrogen-bond donors (Lipinski definition) is 1. The molecule has 6 nitrogen and oxygen atoms in total. The zero-order valence-corrected chi connectivity index (χ0v) is 24.0. The van der Waals surface area contributed by atoms with E-state index in [1.165, 1.54) is 6.92 Å². The summed E-state index contributed by atoms with van der Waals surface area (Å²) in [6.07, 6.45) is -1.13. The van der Waals surface area contributed by atoms with Gasteiger partial charge in [0.15, 0.2) is 0 Å². The molecule has 1 fully saturated rings. The first-order valence-corrected chi connectivity index (χ1v) is 14.5. The summed E-state index contributed by atoms with van der Waals surface area (Å²) in [5, 5.41) is 3.16. The first-order chi connectivity index (χ1) is 20.7. The zero-order chi connectivity index (χ0) is 29.0. The lowest BCUT2D eigenvalue weighted by atomic mass is 9.88. The smallest absolute Gasteiger partial charge is 0.217 e. The van der Waals surface area contributed by atoms with Crippen LogP contribution >= 0.6 is 0 Å². The molecule has 42 heavy (non-hydrogen) atoms. The number of hydrogen-bond acceptors (Lipinski definition) is 5. The van der Waals surface area contributed by atoms with Gasteiger partial charge in [-0.3, -0.25) is 4.79 Å². The maximum Gasteiger partial charge on any atom is 0.217 e. The Morgan fingerprint density at radius 2 is 1.07 bits per heavy atom. The van der Waals surface area contributed by atoms with Crippen LogP contribution < -0.4 is 5.32 Å². The molecular formula is C36H39NO5. The Bertz CT molecular complexity index is 1340. The second kappa shape index (κ2) is 15.4. The van der Waals surface area contributed by atoms with Gasteiger partial charge in [-0.05, 0) is 22.3 Å². The number of benzene rings is 4. The third-order valence-electron chi connectivity index (χ3n) is 7.41. The van der Waals surface area contributed by atoms with E-state index >= 15 is 0 Å². The third-order valence-corrected chi connectivity index (χ3v) is 7.41. The molecule has 0 aromatic heterocycles. The van der Waals surface area contributed by atoms with E-state index in [0.717, 1.165) is 22.3 Å². The maximum atomic E-state index is 12.5. The summed E-state index contributed by atoms with van der Waals surface area (Å²) in [7, 11) is 0. The Balaban J connectivity index is 1.44. The van der Waals surface area contributed by atoms with Crippen molar-refractivity contribution in [3.8, 4) is 0 Å². The van der Waals surface area contributed by atoms with Crippen LogP contribution in [0.5, 0.6) is 0 Å².